The fraction of sp³-hybridized carbons (Fsp3) is 0.188. The first kappa shape index (κ1) is 16.8. The van der Waals surface area contributed by atoms with E-state index in [-0.39, 0.29) is 12.4 Å². The molecule has 23 heavy (non-hydrogen) atoms. The van der Waals surface area contributed by atoms with E-state index in [1.807, 2.05) is 29.1 Å². The van der Waals surface area contributed by atoms with Crippen molar-refractivity contribution in [2.24, 2.45) is 0 Å². The lowest BCUT2D eigenvalue weighted by Gasteiger charge is -2.01. The van der Waals surface area contributed by atoms with Gasteiger partial charge in [-0.1, -0.05) is 47.2 Å². The zero-order valence-corrected chi connectivity index (χ0v) is 13.6. The van der Waals surface area contributed by atoms with Gasteiger partial charge in [-0.05, 0) is 12.5 Å². The monoisotopic (exact) mass is 330 g/mol. The van der Waals surface area contributed by atoms with Crippen LogP contribution in [-0.4, -0.2) is 25.0 Å². The zero-order valence-electron chi connectivity index (χ0n) is 12.8. The molecule has 3 rings (SSSR count). The molecule has 3 N–H and O–H groups in total. The maximum Gasteiger partial charge on any atom is 0.197 e. The molecule has 0 bridgehead atoms. The van der Waals surface area contributed by atoms with Crippen LogP contribution in [0.4, 0.5) is 5.95 Å². The second kappa shape index (κ2) is 7.60. The topological polar surface area (TPSA) is 85.4 Å². The number of allylic oxidation sites excluding steroid dienone is 1. The summed E-state index contributed by atoms with van der Waals surface area (Å²) in [6, 6.07) is 10.2. The fourth-order valence-electron chi connectivity index (χ4n) is 2.29. The van der Waals surface area contributed by atoms with Crippen LogP contribution >= 0.6 is 12.4 Å². The summed E-state index contributed by atoms with van der Waals surface area (Å²) in [4.78, 5) is 6.96. The van der Waals surface area contributed by atoms with Crippen molar-refractivity contribution < 1.29 is 0 Å². The Labute approximate surface area is 140 Å². The molecular formula is C16H19ClN6. The minimum absolute atomic E-state index is 0. The molecule has 0 aliphatic carbocycles. The number of hydrogen-bond acceptors (Lipinski definition) is 4. The zero-order chi connectivity index (χ0) is 15.4. The van der Waals surface area contributed by atoms with Crippen LogP contribution in [0.1, 0.15) is 23.9 Å². The third-order valence-corrected chi connectivity index (χ3v) is 3.23. The molecule has 2 heterocycles. The molecule has 3 aromatic rings. The van der Waals surface area contributed by atoms with Gasteiger partial charge in [-0.25, -0.2) is 9.67 Å². The molecule has 0 atom stereocenters. The first-order valence-electron chi connectivity index (χ1n) is 7.09. The van der Waals surface area contributed by atoms with Gasteiger partial charge in [-0.15, -0.1) is 17.5 Å². The number of benzene rings is 1. The van der Waals surface area contributed by atoms with E-state index >= 15 is 0 Å². The molecule has 0 fully saturated rings. The van der Waals surface area contributed by atoms with Crippen molar-refractivity contribution in [3.63, 3.8) is 0 Å². The Balaban J connectivity index is 0.00000192. The number of nitrogens with zero attached hydrogens (tertiary/aromatic N) is 4. The SMILES string of the molecule is CC(=Cc1ccccc1)Cn1cc(Cc2cnc(N)[nH]2)nn1.Cl. The Hall–Kier alpha value is -2.60. The second-order valence-corrected chi connectivity index (χ2v) is 5.28. The van der Waals surface area contributed by atoms with E-state index in [1.165, 1.54) is 11.1 Å². The molecule has 2 aromatic heterocycles. The third kappa shape index (κ3) is 4.69. The van der Waals surface area contributed by atoms with E-state index in [0.29, 0.717) is 18.9 Å². The Morgan fingerprint density at radius 1 is 1.30 bits per heavy atom. The van der Waals surface area contributed by atoms with Gasteiger partial charge in [0, 0.05) is 18.3 Å². The summed E-state index contributed by atoms with van der Waals surface area (Å²) in [5.41, 5.74) is 9.78. The van der Waals surface area contributed by atoms with Crippen molar-refractivity contribution >= 4 is 24.4 Å². The summed E-state index contributed by atoms with van der Waals surface area (Å²) in [5.74, 6) is 0.420. The van der Waals surface area contributed by atoms with Gasteiger partial charge in [0.25, 0.3) is 0 Å². The van der Waals surface area contributed by atoms with E-state index in [0.717, 1.165) is 11.4 Å². The van der Waals surface area contributed by atoms with Crippen LogP contribution < -0.4 is 5.73 Å². The lowest BCUT2D eigenvalue weighted by atomic mass is 10.1. The van der Waals surface area contributed by atoms with Gasteiger partial charge in [0.1, 0.15) is 0 Å². The van der Waals surface area contributed by atoms with Crippen molar-refractivity contribution in [1.29, 1.82) is 0 Å². The Kier molecular flexibility index (Phi) is 5.54. The van der Waals surface area contributed by atoms with Gasteiger partial charge in [0.2, 0.25) is 0 Å². The quantitative estimate of drug-likeness (QED) is 0.753. The number of nitrogens with one attached hydrogen (secondary N) is 1. The smallest absolute Gasteiger partial charge is 0.197 e. The molecule has 0 saturated carbocycles. The highest BCUT2D eigenvalue weighted by atomic mass is 35.5. The molecule has 0 saturated heterocycles. The van der Waals surface area contributed by atoms with Crippen LogP contribution in [0.25, 0.3) is 6.08 Å². The maximum atomic E-state index is 5.56. The van der Waals surface area contributed by atoms with Gasteiger partial charge in [0.15, 0.2) is 5.95 Å². The van der Waals surface area contributed by atoms with E-state index in [4.69, 9.17) is 5.73 Å². The van der Waals surface area contributed by atoms with Crippen LogP contribution in [-0.2, 0) is 13.0 Å². The molecule has 1 aromatic carbocycles. The summed E-state index contributed by atoms with van der Waals surface area (Å²) >= 11 is 0. The largest absolute Gasteiger partial charge is 0.369 e. The van der Waals surface area contributed by atoms with E-state index in [9.17, 15) is 0 Å². The van der Waals surface area contributed by atoms with Crippen molar-refractivity contribution in [1.82, 2.24) is 25.0 Å². The van der Waals surface area contributed by atoms with Gasteiger partial charge in [0.05, 0.1) is 18.4 Å². The van der Waals surface area contributed by atoms with Gasteiger partial charge in [-0.2, -0.15) is 0 Å². The van der Waals surface area contributed by atoms with Crippen LogP contribution in [0, 0.1) is 0 Å². The molecule has 7 heteroatoms. The molecule has 0 radical (unpaired) electrons. The number of anilines is 1. The molecule has 0 unspecified atom stereocenters. The van der Waals surface area contributed by atoms with Crippen molar-refractivity contribution in [2.75, 3.05) is 5.73 Å². The second-order valence-electron chi connectivity index (χ2n) is 5.28. The average Bonchev–Trinajstić information content (AvgIpc) is 3.09. The van der Waals surface area contributed by atoms with E-state index in [1.54, 1.807) is 6.20 Å². The minimum atomic E-state index is 0. The van der Waals surface area contributed by atoms with Crippen molar-refractivity contribution in [3.05, 3.63) is 65.2 Å². The predicted molar refractivity (Wildman–Crippen MR) is 93.2 cm³/mol. The Morgan fingerprint density at radius 3 is 2.78 bits per heavy atom. The van der Waals surface area contributed by atoms with E-state index in [2.05, 4.69) is 45.4 Å². The standard InChI is InChI=1S/C16H18N6.ClH/c1-12(7-13-5-3-2-4-6-13)10-22-11-15(20-21-22)8-14-9-18-16(17)19-14;/h2-7,9,11H,8,10H2,1H3,(H3,17,18,19);1H. The first-order valence-corrected chi connectivity index (χ1v) is 7.09. The van der Waals surface area contributed by atoms with Gasteiger partial charge in [-0.3, -0.25) is 0 Å². The highest BCUT2D eigenvalue weighted by Gasteiger charge is 2.05. The van der Waals surface area contributed by atoms with Crippen LogP contribution in [0.5, 0.6) is 0 Å². The maximum absolute atomic E-state index is 5.56. The highest BCUT2D eigenvalue weighted by molar-refractivity contribution is 5.85. The summed E-state index contributed by atoms with van der Waals surface area (Å²) in [7, 11) is 0. The fourth-order valence-corrected chi connectivity index (χ4v) is 2.29. The number of imidazole rings is 1. The Bertz CT molecular complexity index is 775. The number of hydrogen-bond donors (Lipinski definition) is 2. The molecular weight excluding hydrogens is 312 g/mol. The van der Waals surface area contributed by atoms with Crippen LogP contribution in [0.15, 0.2) is 48.3 Å². The molecule has 0 amide bonds. The summed E-state index contributed by atoms with van der Waals surface area (Å²) in [6.45, 7) is 2.80. The molecule has 0 spiro atoms. The lowest BCUT2D eigenvalue weighted by Crippen LogP contribution is -1.99. The summed E-state index contributed by atoms with van der Waals surface area (Å²) in [5, 5.41) is 8.34. The van der Waals surface area contributed by atoms with Gasteiger partial charge < -0.3 is 10.7 Å². The average molecular weight is 331 g/mol. The normalized spacial score (nSPS) is 11.3. The number of H-pyrrole nitrogens is 1. The number of nitrogen functional groups attached to an aromatic ring is 1. The van der Waals surface area contributed by atoms with Crippen LogP contribution in [0.2, 0.25) is 0 Å². The highest BCUT2D eigenvalue weighted by Crippen LogP contribution is 2.09. The van der Waals surface area contributed by atoms with E-state index < -0.39 is 0 Å². The first-order chi connectivity index (χ1) is 10.7. The number of halogens is 1. The molecule has 120 valence electrons. The number of aromatic nitrogens is 5. The predicted octanol–water partition coefficient (Wildman–Crippen LogP) is 2.70. The van der Waals surface area contributed by atoms with Crippen LogP contribution in [0.3, 0.4) is 0 Å². The number of aromatic amines is 1. The Morgan fingerprint density at radius 2 is 2.09 bits per heavy atom. The molecule has 0 aliphatic rings. The lowest BCUT2D eigenvalue weighted by molar-refractivity contribution is 0.643. The minimum Gasteiger partial charge on any atom is -0.369 e. The summed E-state index contributed by atoms with van der Waals surface area (Å²) in [6.07, 6.45) is 6.46. The van der Waals surface area contributed by atoms with Gasteiger partial charge >= 0.3 is 0 Å². The molecule has 0 aliphatic heterocycles. The number of rotatable bonds is 5. The summed E-state index contributed by atoms with van der Waals surface area (Å²) < 4.78 is 1.84. The number of nitrogens with two attached hydrogens (primary N) is 1. The van der Waals surface area contributed by atoms with Crippen molar-refractivity contribution in [2.45, 2.75) is 19.9 Å². The van der Waals surface area contributed by atoms with Crippen molar-refractivity contribution in [3.8, 4) is 0 Å². The third-order valence-electron chi connectivity index (χ3n) is 3.23. The molecule has 6 nitrogen and oxygen atoms in total.